The Morgan fingerprint density at radius 2 is 2.21 bits per heavy atom. The molecule has 1 aliphatic rings. The molecule has 130 valence electrons. The lowest BCUT2D eigenvalue weighted by Gasteiger charge is -2.17. The van der Waals surface area contributed by atoms with E-state index in [0.717, 1.165) is 17.7 Å². The molecule has 1 aromatic heterocycles. The van der Waals surface area contributed by atoms with E-state index >= 15 is 0 Å². The standard InChI is InChI=1S/C16H20N4O2S.ClH/c1-10-18-15(22-20-10)9-23-14-5-3-2-4-12(14)16(21)19-13(8-17)11-6-7-11;/h2-5,11,13H,6-9,17H2,1H3,(H,19,21);1H. The van der Waals surface area contributed by atoms with Crippen LogP contribution >= 0.6 is 24.2 Å². The predicted octanol–water partition coefficient (Wildman–Crippen LogP) is 2.56. The summed E-state index contributed by atoms with van der Waals surface area (Å²) in [6.07, 6.45) is 2.30. The topological polar surface area (TPSA) is 94.0 Å². The van der Waals surface area contributed by atoms with Gasteiger partial charge in [0.15, 0.2) is 5.82 Å². The zero-order valence-electron chi connectivity index (χ0n) is 13.4. The van der Waals surface area contributed by atoms with E-state index in [4.69, 9.17) is 10.3 Å². The monoisotopic (exact) mass is 368 g/mol. The Morgan fingerprint density at radius 3 is 2.83 bits per heavy atom. The Morgan fingerprint density at radius 1 is 1.46 bits per heavy atom. The smallest absolute Gasteiger partial charge is 0.252 e. The Bertz CT molecular complexity index is 690. The molecular weight excluding hydrogens is 348 g/mol. The number of carbonyl (C=O) groups excluding carboxylic acids is 1. The molecule has 0 radical (unpaired) electrons. The molecule has 0 spiro atoms. The van der Waals surface area contributed by atoms with Crippen molar-refractivity contribution in [1.29, 1.82) is 0 Å². The second-order valence-electron chi connectivity index (χ2n) is 5.67. The third-order valence-electron chi connectivity index (χ3n) is 3.81. The molecule has 0 bridgehead atoms. The van der Waals surface area contributed by atoms with Crippen molar-refractivity contribution in [2.24, 2.45) is 11.7 Å². The van der Waals surface area contributed by atoms with E-state index in [9.17, 15) is 4.79 Å². The van der Waals surface area contributed by atoms with Gasteiger partial charge in [0.1, 0.15) is 0 Å². The molecule has 8 heteroatoms. The minimum atomic E-state index is -0.0721. The highest BCUT2D eigenvalue weighted by atomic mass is 35.5. The number of hydrogen-bond acceptors (Lipinski definition) is 6. The minimum Gasteiger partial charge on any atom is -0.348 e. The number of carbonyl (C=O) groups is 1. The summed E-state index contributed by atoms with van der Waals surface area (Å²) >= 11 is 1.51. The number of nitrogens with one attached hydrogen (secondary N) is 1. The molecule has 1 amide bonds. The molecule has 1 heterocycles. The largest absolute Gasteiger partial charge is 0.348 e. The Hall–Kier alpha value is -1.57. The van der Waals surface area contributed by atoms with E-state index in [1.54, 1.807) is 6.92 Å². The fraction of sp³-hybridized carbons (Fsp3) is 0.438. The van der Waals surface area contributed by atoms with E-state index in [2.05, 4.69) is 15.5 Å². The molecule has 1 aromatic carbocycles. The lowest BCUT2D eigenvalue weighted by atomic mass is 10.1. The molecule has 0 saturated heterocycles. The Kier molecular flexibility index (Phi) is 6.65. The van der Waals surface area contributed by atoms with Crippen LogP contribution in [-0.2, 0) is 5.75 Å². The number of thioether (sulfide) groups is 1. The number of rotatable bonds is 7. The van der Waals surface area contributed by atoms with Gasteiger partial charge in [0, 0.05) is 17.5 Å². The number of amides is 1. The van der Waals surface area contributed by atoms with E-state index in [0.29, 0.717) is 35.5 Å². The second kappa shape index (κ2) is 8.50. The summed E-state index contributed by atoms with van der Waals surface area (Å²) in [5.41, 5.74) is 6.43. The molecule has 2 aromatic rings. The SMILES string of the molecule is Cc1noc(CSc2ccccc2C(=O)NC(CN)C2CC2)n1.Cl. The Balaban J connectivity index is 0.00000208. The highest BCUT2D eigenvalue weighted by Gasteiger charge is 2.31. The van der Waals surface area contributed by atoms with Crippen molar-refractivity contribution in [3.8, 4) is 0 Å². The van der Waals surface area contributed by atoms with Gasteiger partial charge in [0.05, 0.1) is 11.3 Å². The molecule has 1 fully saturated rings. The van der Waals surface area contributed by atoms with Crippen LogP contribution in [-0.4, -0.2) is 28.6 Å². The highest BCUT2D eigenvalue weighted by molar-refractivity contribution is 7.98. The van der Waals surface area contributed by atoms with Gasteiger partial charge in [-0.3, -0.25) is 4.79 Å². The summed E-state index contributed by atoms with van der Waals surface area (Å²) in [4.78, 5) is 17.6. The molecule has 1 saturated carbocycles. The molecule has 6 nitrogen and oxygen atoms in total. The maximum Gasteiger partial charge on any atom is 0.252 e. The van der Waals surface area contributed by atoms with Gasteiger partial charge >= 0.3 is 0 Å². The quantitative estimate of drug-likeness (QED) is 0.729. The van der Waals surface area contributed by atoms with E-state index in [1.807, 2.05) is 24.3 Å². The van der Waals surface area contributed by atoms with Crippen molar-refractivity contribution < 1.29 is 9.32 Å². The summed E-state index contributed by atoms with van der Waals surface area (Å²) in [6.45, 7) is 2.26. The van der Waals surface area contributed by atoms with Gasteiger partial charge in [0.2, 0.25) is 5.89 Å². The fourth-order valence-electron chi connectivity index (χ4n) is 2.43. The van der Waals surface area contributed by atoms with E-state index in [1.165, 1.54) is 11.8 Å². The lowest BCUT2D eigenvalue weighted by molar-refractivity contribution is 0.0930. The van der Waals surface area contributed by atoms with Gasteiger partial charge in [-0.05, 0) is 37.8 Å². The van der Waals surface area contributed by atoms with Crippen LogP contribution in [0.15, 0.2) is 33.7 Å². The van der Waals surface area contributed by atoms with E-state index in [-0.39, 0.29) is 24.4 Å². The zero-order valence-corrected chi connectivity index (χ0v) is 15.0. The molecule has 1 atom stereocenters. The van der Waals surface area contributed by atoms with Gasteiger partial charge in [-0.25, -0.2) is 0 Å². The maximum atomic E-state index is 12.6. The average Bonchev–Trinajstić information content (AvgIpc) is 3.32. The normalized spacial score (nSPS) is 14.8. The average molecular weight is 369 g/mol. The highest BCUT2D eigenvalue weighted by Crippen LogP contribution is 2.32. The lowest BCUT2D eigenvalue weighted by Crippen LogP contribution is -2.41. The number of nitrogens with zero attached hydrogens (tertiary/aromatic N) is 2. The van der Waals surface area contributed by atoms with Crippen molar-refractivity contribution in [1.82, 2.24) is 15.5 Å². The fourth-order valence-corrected chi connectivity index (χ4v) is 3.32. The number of halogens is 1. The molecular formula is C16H21ClN4O2S. The third kappa shape index (κ3) is 4.72. The van der Waals surface area contributed by atoms with Crippen molar-refractivity contribution in [2.45, 2.75) is 36.5 Å². The summed E-state index contributed by atoms with van der Waals surface area (Å²) in [5, 5.41) is 6.83. The third-order valence-corrected chi connectivity index (χ3v) is 4.87. The van der Waals surface area contributed by atoms with Crippen LogP contribution in [0.1, 0.15) is 34.9 Å². The molecule has 1 unspecified atom stereocenters. The number of aromatic nitrogens is 2. The van der Waals surface area contributed by atoms with Gasteiger partial charge < -0.3 is 15.6 Å². The number of benzene rings is 1. The van der Waals surface area contributed by atoms with Crippen LogP contribution in [0.3, 0.4) is 0 Å². The van der Waals surface area contributed by atoms with Crippen LogP contribution in [0.2, 0.25) is 0 Å². The first-order valence-corrected chi connectivity index (χ1v) is 8.68. The maximum absolute atomic E-state index is 12.6. The Labute approximate surface area is 151 Å². The molecule has 24 heavy (non-hydrogen) atoms. The van der Waals surface area contributed by atoms with Crippen LogP contribution < -0.4 is 11.1 Å². The molecule has 3 rings (SSSR count). The van der Waals surface area contributed by atoms with Gasteiger partial charge in [-0.1, -0.05) is 17.3 Å². The van der Waals surface area contributed by atoms with Crippen LogP contribution in [0, 0.1) is 12.8 Å². The van der Waals surface area contributed by atoms with Gasteiger partial charge in [-0.2, -0.15) is 4.98 Å². The first-order chi connectivity index (χ1) is 11.2. The van der Waals surface area contributed by atoms with Crippen molar-refractivity contribution in [3.63, 3.8) is 0 Å². The first kappa shape index (κ1) is 18.8. The number of aryl methyl sites for hydroxylation is 1. The van der Waals surface area contributed by atoms with Crippen molar-refractivity contribution in [2.75, 3.05) is 6.54 Å². The summed E-state index contributed by atoms with van der Waals surface area (Å²) < 4.78 is 5.11. The predicted molar refractivity (Wildman–Crippen MR) is 95.3 cm³/mol. The minimum absolute atomic E-state index is 0. The van der Waals surface area contributed by atoms with Gasteiger partial charge in [-0.15, -0.1) is 24.2 Å². The van der Waals surface area contributed by atoms with Gasteiger partial charge in [0.25, 0.3) is 5.91 Å². The second-order valence-corrected chi connectivity index (χ2v) is 6.69. The molecule has 0 aliphatic heterocycles. The summed E-state index contributed by atoms with van der Waals surface area (Å²) in [7, 11) is 0. The van der Waals surface area contributed by atoms with Crippen LogP contribution in [0.4, 0.5) is 0 Å². The summed E-state index contributed by atoms with van der Waals surface area (Å²) in [5.74, 6) is 2.17. The first-order valence-electron chi connectivity index (χ1n) is 7.69. The van der Waals surface area contributed by atoms with Crippen LogP contribution in [0.25, 0.3) is 0 Å². The summed E-state index contributed by atoms with van der Waals surface area (Å²) in [6, 6.07) is 7.61. The van der Waals surface area contributed by atoms with Crippen molar-refractivity contribution in [3.05, 3.63) is 41.5 Å². The number of hydrogen-bond donors (Lipinski definition) is 2. The van der Waals surface area contributed by atoms with E-state index < -0.39 is 0 Å². The van der Waals surface area contributed by atoms with Crippen LogP contribution in [0.5, 0.6) is 0 Å². The molecule has 3 N–H and O–H groups in total. The number of nitrogens with two attached hydrogens (primary N) is 1. The molecule has 1 aliphatic carbocycles. The zero-order chi connectivity index (χ0) is 16.2. The van der Waals surface area contributed by atoms with Crippen molar-refractivity contribution >= 4 is 30.1 Å².